The second-order valence-electron chi connectivity index (χ2n) is 2.98. The molecule has 3 N–H and O–H groups in total. The molecule has 0 unspecified atom stereocenters. The Kier molecular flexibility index (Phi) is 7.11. The largest absolute Gasteiger partial charge is 0.335 e. The van der Waals surface area contributed by atoms with Crippen LogP contribution >= 0.6 is 36.4 Å². The molecule has 2 aromatic rings. The summed E-state index contributed by atoms with van der Waals surface area (Å²) < 4.78 is 1.24. The second-order valence-corrected chi connectivity index (χ2v) is 3.42. The number of aromatic nitrogens is 3. The normalized spacial score (nSPS) is 9.61. The number of anilines is 1. The summed E-state index contributed by atoms with van der Waals surface area (Å²) in [6, 6.07) is 7.27. The van der Waals surface area contributed by atoms with Crippen molar-refractivity contribution in [1.29, 1.82) is 0 Å². The molecule has 1 heterocycles. The van der Waals surface area contributed by atoms with Crippen molar-refractivity contribution in [3.8, 4) is 0 Å². The van der Waals surface area contributed by atoms with Crippen LogP contribution in [0.4, 0.5) is 5.95 Å². The van der Waals surface area contributed by atoms with Gasteiger partial charge in [0.15, 0.2) is 0 Å². The summed E-state index contributed by atoms with van der Waals surface area (Å²) in [5.41, 5.74) is 3.57. The Labute approximate surface area is 121 Å². The molecule has 2 rings (SSSR count). The first-order chi connectivity index (χ1) is 7.75. The average Bonchev–Trinajstić information content (AvgIpc) is 2.68. The Morgan fingerprint density at radius 1 is 1.28 bits per heavy atom. The SMILES string of the molecule is Cl.Cl.Nn1cnnc1NN=Cc1ccc(Cl)cc1. The third kappa shape index (κ3) is 4.40. The Hall–Kier alpha value is -1.50. The molecule has 0 fully saturated rings. The van der Waals surface area contributed by atoms with Crippen LogP contribution < -0.4 is 11.3 Å². The molecule has 1 aromatic heterocycles. The van der Waals surface area contributed by atoms with Gasteiger partial charge in [-0.15, -0.1) is 35.0 Å². The van der Waals surface area contributed by atoms with E-state index in [1.165, 1.54) is 11.0 Å². The van der Waals surface area contributed by atoms with Crippen molar-refractivity contribution in [3.05, 3.63) is 41.2 Å². The molecule has 0 spiro atoms. The van der Waals surface area contributed by atoms with E-state index in [2.05, 4.69) is 20.7 Å². The number of hydrazone groups is 1. The summed E-state index contributed by atoms with van der Waals surface area (Å²) in [6.07, 6.45) is 3.01. The first kappa shape index (κ1) is 16.5. The second kappa shape index (κ2) is 7.75. The smallest absolute Gasteiger partial charge is 0.263 e. The van der Waals surface area contributed by atoms with E-state index in [1.807, 2.05) is 12.1 Å². The number of hydrogen-bond donors (Lipinski definition) is 2. The molecule has 98 valence electrons. The van der Waals surface area contributed by atoms with E-state index in [1.54, 1.807) is 18.3 Å². The molecule has 0 saturated heterocycles. The number of halogens is 3. The highest BCUT2D eigenvalue weighted by Crippen LogP contribution is 2.07. The Morgan fingerprint density at radius 3 is 2.50 bits per heavy atom. The summed E-state index contributed by atoms with van der Waals surface area (Å²) in [4.78, 5) is 0. The highest BCUT2D eigenvalue weighted by Gasteiger charge is 1.96. The number of nitrogens with two attached hydrogens (primary N) is 1. The lowest BCUT2D eigenvalue weighted by Crippen LogP contribution is -2.10. The van der Waals surface area contributed by atoms with Crippen LogP contribution in [0.2, 0.25) is 5.02 Å². The van der Waals surface area contributed by atoms with Crippen LogP contribution in [0.3, 0.4) is 0 Å². The molecule has 0 aliphatic heterocycles. The number of nitrogens with zero attached hydrogens (tertiary/aromatic N) is 4. The van der Waals surface area contributed by atoms with Crippen LogP contribution in [0, 0.1) is 0 Å². The number of rotatable bonds is 3. The van der Waals surface area contributed by atoms with Gasteiger partial charge in [0.25, 0.3) is 5.95 Å². The van der Waals surface area contributed by atoms with E-state index in [0.29, 0.717) is 11.0 Å². The van der Waals surface area contributed by atoms with E-state index in [-0.39, 0.29) is 24.8 Å². The summed E-state index contributed by atoms with van der Waals surface area (Å²) >= 11 is 5.75. The van der Waals surface area contributed by atoms with Crippen LogP contribution in [0.5, 0.6) is 0 Å². The van der Waals surface area contributed by atoms with Gasteiger partial charge in [0.05, 0.1) is 6.21 Å². The van der Waals surface area contributed by atoms with Gasteiger partial charge in [-0.05, 0) is 17.7 Å². The standard InChI is InChI=1S/C9H9ClN6.2ClH/c10-8-3-1-7(2-4-8)5-12-14-9-15-13-6-16(9)11;;/h1-6H,11H2,(H,14,15);2*1H. The predicted molar refractivity (Wildman–Crippen MR) is 77.3 cm³/mol. The van der Waals surface area contributed by atoms with Gasteiger partial charge in [0, 0.05) is 5.02 Å². The van der Waals surface area contributed by atoms with Gasteiger partial charge in [-0.1, -0.05) is 23.7 Å². The first-order valence-electron chi connectivity index (χ1n) is 4.45. The van der Waals surface area contributed by atoms with Crippen molar-refractivity contribution >= 4 is 48.6 Å². The molecule has 0 atom stereocenters. The summed E-state index contributed by atoms with van der Waals surface area (Å²) in [5.74, 6) is 5.84. The maximum absolute atomic E-state index is 5.75. The van der Waals surface area contributed by atoms with Gasteiger partial charge in [0.2, 0.25) is 0 Å². The molecule has 9 heteroatoms. The van der Waals surface area contributed by atoms with Crippen molar-refractivity contribution < 1.29 is 0 Å². The maximum Gasteiger partial charge on any atom is 0.263 e. The maximum atomic E-state index is 5.75. The van der Waals surface area contributed by atoms with Gasteiger partial charge in [0.1, 0.15) is 6.33 Å². The predicted octanol–water partition coefficient (Wildman–Crippen LogP) is 1.93. The van der Waals surface area contributed by atoms with Crippen LogP contribution in [-0.2, 0) is 0 Å². The lowest BCUT2D eigenvalue weighted by molar-refractivity contribution is 0.988. The number of nitrogens with one attached hydrogen (secondary N) is 1. The van der Waals surface area contributed by atoms with E-state index < -0.39 is 0 Å². The van der Waals surface area contributed by atoms with E-state index >= 15 is 0 Å². The average molecular weight is 310 g/mol. The molecule has 0 saturated carbocycles. The Balaban J connectivity index is 0.00000144. The van der Waals surface area contributed by atoms with Gasteiger partial charge in [-0.25, -0.2) is 10.1 Å². The summed E-state index contributed by atoms with van der Waals surface area (Å²) in [7, 11) is 0. The topological polar surface area (TPSA) is 81.1 Å². The fourth-order valence-corrected chi connectivity index (χ4v) is 1.16. The minimum Gasteiger partial charge on any atom is -0.335 e. The van der Waals surface area contributed by atoms with Crippen molar-refractivity contribution in [2.45, 2.75) is 0 Å². The Morgan fingerprint density at radius 2 is 1.94 bits per heavy atom. The lowest BCUT2D eigenvalue weighted by atomic mass is 10.2. The molecule has 0 bridgehead atoms. The number of nitrogen functional groups attached to an aromatic ring is 1. The van der Waals surface area contributed by atoms with E-state index in [9.17, 15) is 0 Å². The van der Waals surface area contributed by atoms with Gasteiger partial charge in [-0.3, -0.25) is 0 Å². The number of hydrogen-bond acceptors (Lipinski definition) is 5. The van der Waals surface area contributed by atoms with Crippen LogP contribution in [-0.4, -0.2) is 21.1 Å². The fourth-order valence-electron chi connectivity index (χ4n) is 1.04. The van der Waals surface area contributed by atoms with Gasteiger partial charge in [-0.2, -0.15) is 5.10 Å². The highest BCUT2D eigenvalue weighted by atomic mass is 35.5. The molecule has 0 amide bonds. The van der Waals surface area contributed by atoms with Crippen LogP contribution in [0.25, 0.3) is 0 Å². The van der Waals surface area contributed by atoms with E-state index in [4.69, 9.17) is 17.4 Å². The first-order valence-corrected chi connectivity index (χ1v) is 4.83. The zero-order valence-electron chi connectivity index (χ0n) is 9.02. The van der Waals surface area contributed by atoms with Crippen LogP contribution in [0.1, 0.15) is 5.56 Å². The van der Waals surface area contributed by atoms with Crippen molar-refractivity contribution in [2.24, 2.45) is 5.10 Å². The zero-order valence-corrected chi connectivity index (χ0v) is 11.4. The lowest BCUT2D eigenvalue weighted by Gasteiger charge is -1.97. The molecule has 1 aromatic carbocycles. The molecule has 0 radical (unpaired) electrons. The summed E-state index contributed by atoms with van der Waals surface area (Å²) in [5, 5.41) is 11.9. The molecular formula is C9H11Cl3N6. The van der Waals surface area contributed by atoms with Gasteiger partial charge >= 0.3 is 0 Å². The van der Waals surface area contributed by atoms with Crippen molar-refractivity contribution in [3.63, 3.8) is 0 Å². The minimum absolute atomic E-state index is 0. The van der Waals surface area contributed by atoms with E-state index in [0.717, 1.165) is 5.56 Å². The molecular weight excluding hydrogens is 299 g/mol. The molecule has 0 aliphatic carbocycles. The zero-order chi connectivity index (χ0) is 11.4. The highest BCUT2D eigenvalue weighted by molar-refractivity contribution is 6.30. The quantitative estimate of drug-likeness (QED) is 0.516. The van der Waals surface area contributed by atoms with Crippen molar-refractivity contribution in [1.82, 2.24) is 14.9 Å². The van der Waals surface area contributed by atoms with Crippen molar-refractivity contribution in [2.75, 3.05) is 11.3 Å². The molecule has 18 heavy (non-hydrogen) atoms. The Bertz CT molecular complexity index is 495. The third-order valence-corrected chi connectivity index (χ3v) is 2.07. The third-order valence-electron chi connectivity index (χ3n) is 1.82. The fraction of sp³-hybridized carbons (Fsp3) is 0. The van der Waals surface area contributed by atoms with Crippen LogP contribution in [0.15, 0.2) is 35.7 Å². The summed E-state index contributed by atoms with van der Waals surface area (Å²) in [6.45, 7) is 0. The number of benzene rings is 1. The monoisotopic (exact) mass is 308 g/mol. The minimum atomic E-state index is 0. The van der Waals surface area contributed by atoms with Gasteiger partial charge < -0.3 is 5.84 Å². The molecule has 6 nitrogen and oxygen atoms in total. The molecule has 0 aliphatic rings.